The quantitative estimate of drug-likeness (QED) is 0.608. The van der Waals surface area contributed by atoms with Crippen molar-refractivity contribution in [1.29, 1.82) is 0 Å². The van der Waals surface area contributed by atoms with Gasteiger partial charge in [0.15, 0.2) is 5.58 Å². The summed E-state index contributed by atoms with van der Waals surface area (Å²) >= 11 is 0. The fourth-order valence-electron chi connectivity index (χ4n) is 2.83. The molecule has 0 fully saturated rings. The average molecular weight is 424 g/mol. The van der Waals surface area contributed by atoms with E-state index in [9.17, 15) is 27.9 Å². The number of carbonyl (C=O) groups excluding carboxylic acids is 1. The molecule has 3 aromatic rings. The molecule has 0 aliphatic heterocycles. The van der Waals surface area contributed by atoms with Crippen LogP contribution in [-0.2, 0) is 11.0 Å². The monoisotopic (exact) mass is 424 g/mol. The number of aliphatic hydroxyl groups is 1. The minimum Gasteiger partial charge on any atom is -0.491 e. The van der Waals surface area contributed by atoms with Crippen molar-refractivity contribution in [1.82, 2.24) is 9.88 Å². The van der Waals surface area contributed by atoms with Crippen molar-refractivity contribution in [2.24, 2.45) is 0 Å². The van der Waals surface area contributed by atoms with E-state index in [1.807, 2.05) is 0 Å². The Morgan fingerprint density at radius 1 is 1.20 bits per heavy atom. The molecule has 0 bridgehead atoms. The maximum atomic E-state index is 12.5. The normalized spacial score (nSPS) is 13.8. The van der Waals surface area contributed by atoms with Gasteiger partial charge in [-0.05, 0) is 43.3 Å². The molecule has 1 amide bonds. The number of benzene rings is 2. The molecule has 0 spiro atoms. The molecule has 1 aromatic heterocycles. The van der Waals surface area contributed by atoms with Crippen LogP contribution >= 0.6 is 0 Å². The predicted molar refractivity (Wildman–Crippen MR) is 101 cm³/mol. The summed E-state index contributed by atoms with van der Waals surface area (Å²) in [7, 11) is 0. The number of carbonyl (C=O) groups is 1. The first-order valence-electron chi connectivity index (χ1n) is 9.02. The Kier molecular flexibility index (Phi) is 6.16. The number of ether oxygens (including phenoxy) is 1. The summed E-state index contributed by atoms with van der Waals surface area (Å²) < 4.78 is 49.2. The van der Waals surface area contributed by atoms with Crippen molar-refractivity contribution in [3.63, 3.8) is 0 Å². The number of amides is 1. The number of hydrogen-bond acceptors (Lipinski definition) is 5. The summed E-state index contributed by atoms with van der Waals surface area (Å²) in [6.45, 7) is 1.10. The number of hydrogen-bond donors (Lipinski definition) is 2. The smallest absolute Gasteiger partial charge is 0.420 e. The fraction of sp³-hybridized carbons (Fsp3) is 0.300. The van der Waals surface area contributed by atoms with Gasteiger partial charge in [0.2, 0.25) is 5.91 Å². The van der Waals surface area contributed by atoms with Gasteiger partial charge >= 0.3 is 11.9 Å². The number of nitrogens with one attached hydrogen (secondary N) is 1. The maximum absolute atomic E-state index is 12.5. The highest BCUT2D eigenvalue weighted by atomic mass is 19.4. The van der Waals surface area contributed by atoms with E-state index in [4.69, 9.17) is 9.15 Å². The molecule has 2 unspecified atom stereocenters. The minimum absolute atomic E-state index is 0.151. The molecule has 3 rings (SSSR count). The molecule has 0 saturated carbocycles. The van der Waals surface area contributed by atoms with Gasteiger partial charge in [0, 0.05) is 6.54 Å². The van der Waals surface area contributed by atoms with Crippen LogP contribution in [0, 0.1) is 0 Å². The van der Waals surface area contributed by atoms with Crippen molar-refractivity contribution in [2.45, 2.75) is 25.2 Å². The zero-order valence-corrected chi connectivity index (χ0v) is 15.8. The van der Waals surface area contributed by atoms with Gasteiger partial charge in [-0.2, -0.15) is 13.2 Å². The minimum atomic E-state index is -4.44. The second-order valence-electron chi connectivity index (χ2n) is 6.61. The summed E-state index contributed by atoms with van der Waals surface area (Å²) in [5.74, 6) is -1.04. The van der Waals surface area contributed by atoms with Gasteiger partial charge in [0.25, 0.3) is 0 Å². The Bertz CT molecular complexity index is 1070. The highest BCUT2D eigenvalue weighted by Crippen LogP contribution is 2.30. The molecular weight excluding hydrogens is 405 g/mol. The number of halogens is 3. The van der Waals surface area contributed by atoms with E-state index in [2.05, 4.69) is 5.32 Å². The number of nitrogens with zero attached hydrogens (tertiary/aromatic N) is 1. The molecule has 1 heterocycles. The standard InChI is InChI=1S/C20H19F3N2O5/c1-12(25-16-4-2-3-5-17(16)30-19(25)28)18(27)24-10-14(26)11-29-15-8-6-13(7-9-15)20(21,22)23/h2-9,12,14,26H,10-11H2,1H3,(H,24,27). The first kappa shape index (κ1) is 21.4. The zero-order chi connectivity index (χ0) is 21.9. The van der Waals surface area contributed by atoms with Gasteiger partial charge in [-0.15, -0.1) is 0 Å². The predicted octanol–water partition coefficient (Wildman–Crippen LogP) is 2.73. The number of para-hydroxylation sites is 2. The largest absolute Gasteiger partial charge is 0.491 e. The van der Waals surface area contributed by atoms with Crippen LogP contribution in [0.4, 0.5) is 13.2 Å². The van der Waals surface area contributed by atoms with E-state index < -0.39 is 35.5 Å². The summed E-state index contributed by atoms with van der Waals surface area (Å²) in [5.41, 5.74) is 0.0159. The number of rotatable bonds is 7. The second-order valence-corrected chi connectivity index (χ2v) is 6.61. The average Bonchev–Trinajstić information content (AvgIpc) is 3.05. The number of fused-ring (bicyclic) bond motifs is 1. The number of aliphatic hydroxyl groups excluding tert-OH is 1. The molecule has 2 atom stereocenters. The van der Waals surface area contributed by atoms with Gasteiger partial charge in [0.1, 0.15) is 24.5 Å². The SMILES string of the molecule is CC(C(=O)NCC(O)COc1ccc(C(F)(F)F)cc1)n1c(=O)oc2ccccc21. The lowest BCUT2D eigenvalue weighted by Gasteiger charge is -2.16. The van der Waals surface area contributed by atoms with Gasteiger partial charge in [-0.25, -0.2) is 4.79 Å². The van der Waals surface area contributed by atoms with E-state index in [1.54, 1.807) is 24.3 Å². The number of oxazole rings is 1. The molecule has 10 heteroatoms. The third-order valence-corrected chi connectivity index (χ3v) is 4.42. The molecule has 0 radical (unpaired) electrons. The van der Waals surface area contributed by atoms with Crippen LogP contribution in [0.2, 0.25) is 0 Å². The summed E-state index contributed by atoms with van der Waals surface area (Å²) in [6.07, 6.45) is -5.55. The highest BCUT2D eigenvalue weighted by molar-refractivity contribution is 5.82. The van der Waals surface area contributed by atoms with Crippen molar-refractivity contribution in [3.8, 4) is 5.75 Å². The van der Waals surface area contributed by atoms with Crippen molar-refractivity contribution >= 4 is 17.0 Å². The molecule has 0 aliphatic rings. The molecule has 160 valence electrons. The van der Waals surface area contributed by atoms with Gasteiger partial charge in [0.05, 0.1) is 11.1 Å². The Morgan fingerprint density at radius 2 is 1.87 bits per heavy atom. The molecule has 30 heavy (non-hydrogen) atoms. The Balaban J connectivity index is 1.53. The molecular formula is C20H19F3N2O5. The van der Waals surface area contributed by atoms with Gasteiger partial charge in [-0.1, -0.05) is 12.1 Å². The first-order valence-corrected chi connectivity index (χ1v) is 9.02. The molecule has 2 aromatic carbocycles. The third kappa shape index (κ3) is 4.82. The van der Waals surface area contributed by atoms with Crippen LogP contribution in [0.5, 0.6) is 5.75 Å². The molecule has 0 aliphatic carbocycles. The zero-order valence-electron chi connectivity index (χ0n) is 15.8. The Labute approximate surface area is 168 Å². The number of alkyl halides is 3. The van der Waals surface area contributed by atoms with E-state index >= 15 is 0 Å². The fourth-order valence-corrected chi connectivity index (χ4v) is 2.83. The van der Waals surface area contributed by atoms with Crippen molar-refractivity contribution < 1.29 is 32.2 Å². The van der Waals surface area contributed by atoms with E-state index in [1.165, 1.54) is 11.5 Å². The Hall–Kier alpha value is -3.27. The molecule has 0 saturated heterocycles. The van der Waals surface area contributed by atoms with Crippen molar-refractivity contribution in [2.75, 3.05) is 13.2 Å². The lowest BCUT2D eigenvalue weighted by atomic mass is 10.2. The van der Waals surface area contributed by atoms with E-state index in [-0.39, 0.29) is 18.9 Å². The summed E-state index contributed by atoms with van der Waals surface area (Å²) in [5, 5.41) is 12.5. The third-order valence-electron chi connectivity index (χ3n) is 4.42. The van der Waals surface area contributed by atoms with Crippen LogP contribution in [-0.4, -0.2) is 34.8 Å². The van der Waals surface area contributed by atoms with Crippen LogP contribution in [0.3, 0.4) is 0 Å². The molecule has 7 nitrogen and oxygen atoms in total. The van der Waals surface area contributed by atoms with Crippen LogP contribution in [0.25, 0.3) is 11.1 Å². The van der Waals surface area contributed by atoms with Crippen LogP contribution < -0.4 is 15.8 Å². The van der Waals surface area contributed by atoms with Crippen LogP contribution in [0.1, 0.15) is 18.5 Å². The van der Waals surface area contributed by atoms with Gasteiger partial charge in [-0.3, -0.25) is 9.36 Å². The van der Waals surface area contributed by atoms with E-state index in [0.29, 0.717) is 11.1 Å². The Morgan fingerprint density at radius 3 is 2.53 bits per heavy atom. The first-order chi connectivity index (χ1) is 14.2. The molecule has 2 N–H and O–H groups in total. The topological polar surface area (TPSA) is 93.7 Å². The van der Waals surface area contributed by atoms with Gasteiger partial charge < -0.3 is 19.6 Å². The maximum Gasteiger partial charge on any atom is 0.420 e. The summed E-state index contributed by atoms with van der Waals surface area (Å²) in [6, 6.07) is 9.82. The van der Waals surface area contributed by atoms with Crippen molar-refractivity contribution in [3.05, 3.63) is 64.6 Å². The van der Waals surface area contributed by atoms with Crippen LogP contribution in [0.15, 0.2) is 57.7 Å². The van der Waals surface area contributed by atoms with E-state index in [0.717, 1.165) is 24.3 Å². The lowest BCUT2D eigenvalue weighted by Crippen LogP contribution is -2.40. The highest BCUT2D eigenvalue weighted by Gasteiger charge is 2.30. The second kappa shape index (κ2) is 8.62. The lowest BCUT2D eigenvalue weighted by molar-refractivity contribution is -0.137. The number of aromatic nitrogens is 1. The summed E-state index contributed by atoms with van der Waals surface area (Å²) in [4.78, 5) is 24.4.